The molecule has 0 aliphatic carbocycles. The molecule has 20 heavy (non-hydrogen) atoms. The van der Waals surface area contributed by atoms with Crippen LogP contribution in [0.2, 0.25) is 0 Å². The lowest BCUT2D eigenvalue weighted by atomic mass is 9.98. The van der Waals surface area contributed by atoms with E-state index < -0.39 is 0 Å². The summed E-state index contributed by atoms with van der Waals surface area (Å²) < 4.78 is 0. The first-order chi connectivity index (χ1) is 9.65. The van der Waals surface area contributed by atoms with Crippen LogP contribution in [0.5, 0.6) is 0 Å². The van der Waals surface area contributed by atoms with Gasteiger partial charge in [0.1, 0.15) is 0 Å². The zero-order valence-corrected chi connectivity index (χ0v) is 13.5. The van der Waals surface area contributed by atoms with Crippen molar-refractivity contribution >= 4 is 0 Å². The largest absolute Gasteiger partial charge is 0.247 e. The van der Waals surface area contributed by atoms with Crippen molar-refractivity contribution in [2.75, 3.05) is 0 Å². The number of aryl methyl sites for hydroxylation is 1. The van der Waals surface area contributed by atoms with Crippen molar-refractivity contribution < 1.29 is 0 Å². The van der Waals surface area contributed by atoms with Crippen LogP contribution in [0.4, 0.5) is 0 Å². The molecule has 1 aromatic carbocycles. The number of nitrogens with one attached hydrogen (secondary N) is 1. The summed E-state index contributed by atoms with van der Waals surface area (Å²) in [6.45, 7) is 9.16. The van der Waals surface area contributed by atoms with E-state index in [1.165, 1.54) is 30.4 Å². The van der Waals surface area contributed by atoms with Crippen LogP contribution in [-0.2, 0) is 6.42 Å². The number of benzene rings is 1. The van der Waals surface area contributed by atoms with Crippen molar-refractivity contribution in [3.8, 4) is 0 Å². The number of nitrogens with zero attached hydrogens (tertiary/aromatic N) is 1. The van der Waals surface area contributed by atoms with Crippen molar-refractivity contribution in [1.82, 2.24) is 10.4 Å². The van der Waals surface area contributed by atoms with E-state index in [-0.39, 0.29) is 0 Å². The third-order valence-corrected chi connectivity index (χ3v) is 4.70. The second-order valence-corrected chi connectivity index (χ2v) is 6.22. The molecule has 112 valence electrons. The van der Waals surface area contributed by atoms with Crippen LogP contribution in [0.15, 0.2) is 24.3 Å². The highest BCUT2D eigenvalue weighted by molar-refractivity contribution is 5.25. The van der Waals surface area contributed by atoms with Crippen LogP contribution in [0, 0.1) is 0 Å². The van der Waals surface area contributed by atoms with Crippen LogP contribution < -0.4 is 5.43 Å². The predicted molar refractivity (Wildman–Crippen MR) is 86.6 cm³/mol. The molecule has 1 aromatic rings. The minimum atomic E-state index is 0.434. The molecule has 0 amide bonds. The normalized spacial score (nSPS) is 25.6. The van der Waals surface area contributed by atoms with Gasteiger partial charge in [-0.05, 0) is 50.7 Å². The van der Waals surface area contributed by atoms with Crippen LogP contribution in [0.1, 0.15) is 70.5 Å². The summed E-state index contributed by atoms with van der Waals surface area (Å²) in [5.41, 5.74) is 6.62. The maximum Gasteiger partial charge on any atom is 0.0462 e. The first kappa shape index (κ1) is 15.5. The van der Waals surface area contributed by atoms with Gasteiger partial charge >= 0.3 is 0 Å². The Labute approximate surface area is 124 Å². The van der Waals surface area contributed by atoms with Gasteiger partial charge in [0, 0.05) is 18.1 Å². The molecule has 0 saturated carbocycles. The zero-order chi connectivity index (χ0) is 14.5. The molecule has 0 radical (unpaired) electrons. The molecule has 0 spiro atoms. The average molecular weight is 274 g/mol. The number of piperidine rings is 1. The van der Waals surface area contributed by atoms with E-state index >= 15 is 0 Å². The lowest BCUT2D eigenvalue weighted by Gasteiger charge is -2.41. The SMILES string of the molecule is CCc1ccc(C(CC)NN2C(C)CCCC2C)cc1. The third-order valence-electron chi connectivity index (χ3n) is 4.70. The second kappa shape index (κ2) is 7.24. The summed E-state index contributed by atoms with van der Waals surface area (Å²) in [6, 6.07) is 10.8. The lowest BCUT2D eigenvalue weighted by molar-refractivity contribution is 0.0284. The number of hydrogen-bond acceptors (Lipinski definition) is 2. The summed E-state index contributed by atoms with van der Waals surface area (Å²) >= 11 is 0. The van der Waals surface area contributed by atoms with Gasteiger partial charge < -0.3 is 0 Å². The van der Waals surface area contributed by atoms with Crippen molar-refractivity contribution in [1.29, 1.82) is 0 Å². The van der Waals surface area contributed by atoms with Crippen molar-refractivity contribution in [2.24, 2.45) is 0 Å². The Kier molecular flexibility index (Phi) is 5.62. The molecule has 2 rings (SSSR count). The highest BCUT2D eigenvalue weighted by atomic mass is 15.5. The lowest BCUT2D eigenvalue weighted by Crippen LogP contribution is -2.53. The molecule has 2 heteroatoms. The van der Waals surface area contributed by atoms with E-state index in [9.17, 15) is 0 Å². The van der Waals surface area contributed by atoms with Gasteiger partial charge in [0.25, 0.3) is 0 Å². The molecule has 3 unspecified atom stereocenters. The van der Waals surface area contributed by atoms with Gasteiger partial charge in [0.2, 0.25) is 0 Å². The van der Waals surface area contributed by atoms with Gasteiger partial charge in [-0.15, -0.1) is 0 Å². The fourth-order valence-corrected chi connectivity index (χ4v) is 3.24. The van der Waals surface area contributed by atoms with E-state index in [1.807, 2.05) is 0 Å². The van der Waals surface area contributed by atoms with Gasteiger partial charge in [-0.25, -0.2) is 10.4 Å². The van der Waals surface area contributed by atoms with E-state index in [0.717, 1.165) is 12.8 Å². The molecule has 0 bridgehead atoms. The van der Waals surface area contributed by atoms with E-state index in [0.29, 0.717) is 18.1 Å². The van der Waals surface area contributed by atoms with Gasteiger partial charge in [-0.2, -0.15) is 0 Å². The monoisotopic (exact) mass is 274 g/mol. The topological polar surface area (TPSA) is 15.3 Å². The first-order valence-corrected chi connectivity index (χ1v) is 8.29. The molecule has 2 nitrogen and oxygen atoms in total. The maximum atomic E-state index is 3.79. The summed E-state index contributed by atoms with van der Waals surface area (Å²) in [4.78, 5) is 0. The molecule has 1 heterocycles. The minimum absolute atomic E-state index is 0.434. The van der Waals surface area contributed by atoms with Gasteiger partial charge in [-0.3, -0.25) is 0 Å². The highest BCUT2D eigenvalue weighted by Crippen LogP contribution is 2.25. The van der Waals surface area contributed by atoms with Gasteiger partial charge in [0.15, 0.2) is 0 Å². The van der Waals surface area contributed by atoms with E-state index in [2.05, 4.69) is 62.4 Å². The molecule has 3 atom stereocenters. The smallest absolute Gasteiger partial charge is 0.0462 e. The van der Waals surface area contributed by atoms with Crippen LogP contribution in [-0.4, -0.2) is 17.1 Å². The quantitative estimate of drug-likeness (QED) is 0.852. The molecule has 1 saturated heterocycles. The Morgan fingerprint density at radius 2 is 1.70 bits per heavy atom. The Morgan fingerprint density at radius 1 is 1.10 bits per heavy atom. The zero-order valence-electron chi connectivity index (χ0n) is 13.5. The molecule has 1 aliphatic rings. The second-order valence-electron chi connectivity index (χ2n) is 6.22. The molecule has 1 fully saturated rings. The van der Waals surface area contributed by atoms with Gasteiger partial charge in [0.05, 0.1) is 0 Å². The predicted octanol–water partition coefficient (Wildman–Crippen LogP) is 4.47. The van der Waals surface area contributed by atoms with Crippen molar-refractivity contribution in [2.45, 2.75) is 77.9 Å². The Hall–Kier alpha value is -0.860. The highest BCUT2D eigenvalue weighted by Gasteiger charge is 2.26. The summed E-state index contributed by atoms with van der Waals surface area (Å²) in [7, 11) is 0. The number of hydrazine groups is 1. The fraction of sp³-hybridized carbons (Fsp3) is 0.667. The summed E-state index contributed by atoms with van der Waals surface area (Å²) in [5.74, 6) is 0. The van der Waals surface area contributed by atoms with E-state index in [1.54, 1.807) is 0 Å². The summed E-state index contributed by atoms with van der Waals surface area (Å²) in [5, 5.41) is 2.49. The Bertz CT molecular complexity index is 388. The third kappa shape index (κ3) is 3.62. The molecule has 1 aliphatic heterocycles. The Balaban J connectivity index is 2.07. The Morgan fingerprint density at radius 3 is 2.20 bits per heavy atom. The van der Waals surface area contributed by atoms with Crippen LogP contribution >= 0.6 is 0 Å². The van der Waals surface area contributed by atoms with E-state index in [4.69, 9.17) is 0 Å². The van der Waals surface area contributed by atoms with Crippen molar-refractivity contribution in [3.63, 3.8) is 0 Å². The minimum Gasteiger partial charge on any atom is -0.247 e. The standard InChI is InChI=1S/C18H30N2/c1-5-16-10-12-17(13-11-16)18(6-2)19-20-14(3)8-7-9-15(20)4/h10-15,18-19H,5-9H2,1-4H3. The molecule has 0 aromatic heterocycles. The maximum absolute atomic E-state index is 3.79. The average Bonchev–Trinajstić information content (AvgIpc) is 2.47. The van der Waals surface area contributed by atoms with Gasteiger partial charge in [-0.1, -0.05) is 44.5 Å². The summed E-state index contributed by atoms with van der Waals surface area (Å²) in [6.07, 6.45) is 6.22. The fourth-order valence-electron chi connectivity index (χ4n) is 3.24. The first-order valence-electron chi connectivity index (χ1n) is 8.29. The molecular formula is C18H30N2. The van der Waals surface area contributed by atoms with Crippen LogP contribution in [0.25, 0.3) is 0 Å². The molecular weight excluding hydrogens is 244 g/mol. The van der Waals surface area contributed by atoms with Crippen molar-refractivity contribution in [3.05, 3.63) is 35.4 Å². The number of hydrogen-bond donors (Lipinski definition) is 1. The molecule has 1 N–H and O–H groups in total. The van der Waals surface area contributed by atoms with Crippen LogP contribution in [0.3, 0.4) is 0 Å². The number of rotatable bonds is 5.